The van der Waals surface area contributed by atoms with E-state index in [0.717, 1.165) is 12.1 Å². The van der Waals surface area contributed by atoms with Gasteiger partial charge in [-0.15, -0.1) is 0 Å². The predicted molar refractivity (Wildman–Crippen MR) is 67.2 cm³/mol. The van der Waals surface area contributed by atoms with Crippen LogP contribution < -0.4 is 5.32 Å². The van der Waals surface area contributed by atoms with Gasteiger partial charge in [-0.25, -0.2) is 0 Å². The van der Waals surface area contributed by atoms with Crippen molar-refractivity contribution in [2.45, 2.75) is 59.0 Å². The molecule has 0 saturated carbocycles. The second kappa shape index (κ2) is 5.31. The maximum absolute atomic E-state index is 3.67. The van der Waals surface area contributed by atoms with E-state index >= 15 is 0 Å². The maximum atomic E-state index is 3.67. The molecule has 1 rings (SSSR count). The molecule has 1 heterocycles. The van der Waals surface area contributed by atoms with Crippen molar-refractivity contribution in [1.82, 2.24) is 10.2 Å². The topological polar surface area (TPSA) is 15.3 Å². The Balaban J connectivity index is 2.07. The molecule has 2 nitrogen and oxygen atoms in total. The Morgan fingerprint density at radius 3 is 2.47 bits per heavy atom. The summed E-state index contributed by atoms with van der Waals surface area (Å²) in [6.45, 7) is 11.7. The van der Waals surface area contributed by atoms with E-state index in [0.29, 0.717) is 5.41 Å². The van der Waals surface area contributed by atoms with Crippen LogP contribution in [0.25, 0.3) is 0 Å². The first-order chi connectivity index (χ1) is 6.88. The molecule has 0 amide bonds. The van der Waals surface area contributed by atoms with E-state index in [1.807, 2.05) is 0 Å². The molecule has 1 aliphatic heterocycles. The molecule has 0 bridgehead atoms. The van der Waals surface area contributed by atoms with Gasteiger partial charge in [-0.1, -0.05) is 20.8 Å². The molecular formula is C13H28N2. The molecule has 0 aromatic rings. The van der Waals surface area contributed by atoms with Gasteiger partial charge in [0.2, 0.25) is 0 Å². The average Bonchev–Trinajstić information content (AvgIpc) is 2.39. The standard InChI is InChI=1S/C13H28N2/c1-11-9-12(10-15(11)5)14-8-6-7-13(2,3)4/h11-12,14H,6-10H2,1-5H3. The molecule has 2 unspecified atom stereocenters. The van der Waals surface area contributed by atoms with Crippen molar-refractivity contribution in [2.24, 2.45) is 5.41 Å². The molecule has 0 radical (unpaired) electrons. The normalized spacial score (nSPS) is 28.6. The van der Waals surface area contributed by atoms with Crippen LogP contribution in [0.5, 0.6) is 0 Å². The summed E-state index contributed by atoms with van der Waals surface area (Å²) < 4.78 is 0. The molecule has 1 aliphatic rings. The Morgan fingerprint density at radius 2 is 2.00 bits per heavy atom. The van der Waals surface area contributed by atoms with Crippen molar-refractivity contribution < 1.29 is 0 Å². The fraction of sp³-hybridized carbons (Fsp3) is 1.00. The fourth-order valence-electron chi connectivity index (χ4n) is 2.27. The number of nitrogens with zero attached hydrogens (tertiary/aromatic N) is 1. The highest BCUT2D eigenvalue weighted by Gasteiger charge is 2.25. The van der Waals surface area contributed by atoms with Gasteiger partial charge >= 0.3 is 0 Å². The van der Waals surface area contributed by atoms with Crippen LogP contribution in [0.1, 0.15) is 47.0 Å². The molecule has 0 aliphatic carbocycles. The van der Waals surface area contributed by atoms with Crippen molar-refractivity contribution in [1.29, 1.82) is 0 Å². The Kier molecular flexibility index (Phi) is 4.60. The molecular weight excluding hydrogens is 184 g/mol. The summed E-state index contributed by atoms with van der Waals surface area (Å²) >= 11 is 0. The summed E-state index contributed by atoms with van der Waals surface area (Å²) in [6, 6.07) is 1.48. The first-order valence-corrected chi connectivity index (χ1v) is 6.32. The van der Waals surface area contributed by atoms with Crippen molar-refractivity contribution in [3.63, 3.8) is 0 Å². The molecule has 2 atom stereocenters. The van der Waals surface area contributed by atoms with E-state index in [9.17, 15) is 0 Å². The summed E-state index contributed by atoms with van der Waals surface area (Å²) in [4.78, 5) is 2.45. The van der Waals surface area contributed by atoms with Gasteiger partial charge in [0.1, 0.15) is 0 Å². The van der Waals surface area contributed by atoms with Crippen LogP contribution in [0, 0.1) is 5.41 Å². The summed E-state index contributed by atoms with van der Waals surface area (Å²) in [5.74, 6) is 0. The number of hydrogen-bond acceptors (Lipinski definition) is 2. The Hall–Kier alpha value is -0.0800. The maximum Gasteiger partial charge on any atom is 0.0209 e. The molecule has 1 fully saturated rings. The van der Waals surface area contributed by atoms with Gasteiger partial charge in [0.05, 0.1) is 0 Å². The van der Waals surface area contributed by atoms with E-state index in [-0.39, 0.29) is 0 Å². The van der Waals surface area contributed by atoms with E-state index < -0.39 is 0 Å². The summed E-state index contributed by atoms with van der Waals surface area (Å²) in [5, 5.41) is 3.67. The Labute approximate surface area is 95.4 Å². The Morgan fingerprint density at radius 1 is 1.33 bits per heavy atom. The van der Waals surface area contributed by atoms with E-state index in [1.165, 1.54) is 32.4 Å². The zero-order valence-corrected chi connectivity index (χ0v) is 11.1. The van der Waals surface area contributed by atoms with E-state index in [1.54, 1.807) is 0 Å². The summed E-state index contributed by atoms with van der Waals surface area (Å²) in [7, 11) is 2.22. The Bertz CT molecular complexity index is 173. The SMILES string of the molecule is CC1CC(NCCCC(C)(C)C)CN1C. The van der Waals surface area contributed by atoms with Gasteiger partial charge in [-0.2, -0.15) is 0 Å². The number of likely N-dealkylation sites (N-methyl/N-ethyl adjacent to an activating group) is 1. The van der Waals surface area contributed by atoms with Gasteiger partial charge < -0.3 is 10.2 Å². The molecule has 0 aromatic carbocycles. The van der Waals surface area contributed by atoms with Crippen molar-refractivity contribution in [3.05, 3.63) is 0 Å². The van der Waals surface area contributed by atoms with Crippen molar-refractivity contribution in [3.8, 4) is 0 Å². The molecule has 1 saturated heterocycles. The average molecular weight is 212 g/mol. The third-order valence-electron chi connectivity index (χ3n) is 3.42. The summed E-state index contributed by atoms with van der Waals surface area (Å²) in [5.41, 5.74) is 0.488. The third kappa shape index (κ3) is 4.98. The molecule has 0 spiro atoms. The smallest absolute Gasteiger partial charge is 0.0209 e. The van der Waals surface area contributed by atoms with Crippen molar-refractivity contribution in [2.75, 3.05) is 20.1 Å². The predicted octanol–water partition coefficient (Wildman–Crippen LogP) is 2.49. The minimum atomic E-state index is 0.488. The van der Waals surface area contributed by atoms with Gasteiger partial charge in [0, 0.05) is 18.6 Å². The lowest BCUT2D eigenvalue weighted by Crippen LogP contribution is -2.32. The fourth-order valence-corrected chi connectivity index (χ4v) is 2.27. The molecule has 2 heteroatoms. The van der Waals surface area contributed by atoms with Crippen LogP contribution >= 0.6 is 0 Å². The second-order valence-electron chi connectivity index (χ2n) is 6.34. The zero-order chi connectivity index (χ0) is 11.5. The lowest BCUT2D eigenvalue weighted by molar-refractivity contribution is 0.324. The largest absolute Gasteiger partial charge is 0.313 e. The number of hydrogen-bond donors (Lipinski definition) is 1. The number of rotatable bonds is 4. The quantitative estimate of drug-likeness (QED) is 0.720. The third-order valence-corrected chi connectivity index (χ3v) is 3.42. The number of nitrogens with one attached hydrogen (secondary N) is 1. The molecule has 1 N–H and O–H groups in total. The van der Waals surface area contributed by atoms with Crippen LogP contribution in [0.3, 0.4) is 0 Å². The minimum Gasteiger partial charge on any atom is -0.313 e. The zero-order valence-electron chi connectivity index (χ0n) is 11.1. The minimum absolute atomic E-state index is 0.488. The van der Waals surface area contributed by atoms with Crippen LogP contribution in [-0.2, 0) is 0 Å². The van der Waals surface area contributed by atoms with Crippen LogP contribution in [0.2, 0.25) is 0 Å². The first kappa shape index (κ1) is 13.0. The van der Waals surface area contributed by atoms with Crippen LogP contribution in [-0.4, -0.2) is 37.1 Å². The van der Waals surface area contributed by atoms with Gasteiger partial charge in [0.15, 0.2) is 0 Å². The first-order valence-electron chi connectivity index (χ1n) is 6.32. The second-order valence-corrected chi connectivity index (χ2v) is 6.34. The highest BCUT2D eigenvalue weighted by atomic mass is 15.2. The van der Waals surface area contributed by atoms with Gasteiger partial charge in [-0.05, 0) is 45.2 Å². The highest BCUT2D eigenvalue weighted by Crippen LogP contribution is 2.20. The van der Waals surface area contributed by atoms with Crippen LogP contribution in [0.15, 0.2) is 0 Å². The monoisotopic (exact) mass is 212 g/mol. The van der Waals surface area contributed by atoms with Gasteiger partial charge in [0.25, 0.3) is 0 Å². The van der Waals surface area contributed by atoms with E-state index in [4.69, 9.17) is 0 Å². The lowest BCUT2D eigenvalue weighted by Gasteiger charge is -2.19. The van der Waals surface area contributed by atoms with Gasteiger partial charge in [-0.3, -0.25) is 0 Å². The van der Waals surface area contributed by atoms with E-state index in [2.05, 4.69) is 45.0 Å². The molecule has 0 aromatic heterocycles. The molecule has 90 valence electrons. The lowest BCUT2D eigenvalue weighted by atomic mass is 9.90. The highest BCUT2D eigenvalue weighted by molar-refractivity contribution is 4.84. The number of likely N-dealkylation sites (tertiary alicyclic amines) is 1. The van der Waals surface area contributed by atoms with Crippen LogP contribution in [0.4, 0.5) is 0 Å². The molecule has 15 heavy (non-hydrogen) atoms. The van der Waals surface area contributed by atoms with Crippen molar-refractivity contribution >= 4 is 0 Å². The summed E-state index contributed by atoms with van der Waals surface area (Å²) in [6.07, 6.45) is 3.93.